The molecule has 0 amide bonds. The number of aromatic nitrogens is 2. The average Bonchev–Trinajstić information content (AvgIpc) is 2.65. The third-order valence-corrected chi connectivity index (χ3v) is 3.99. The van der Waals surface area contributed by atoms with Crippen LogP contribution in [0.3, 0.4) is 0 Å². The predicted molar refractivity (Wildman–Crippen MR) is 82.3 cm³/mol. The van der Waals surface area contributed by atoms with Gasteiger partial charge in [0, 0.05) is 30.9 Å². The molecule has 0 spiro atoms. The summed E-state index contributed by atoms with van der Waals surface area (Å²) in [6, 6.07) is 1.85. The van der Waals surface area contributed by atoms with Crippen LogP contribution in [0.25, 0.3) is 0 Å². The average molecular weight is 422 g/mol. The van der Waals surface area contributed by atoms with Crippen molar-refractivity contribution >= 4 is 44.2 Å². The molecule has 0 radical (unpaired) electrons. The second-order valence-electron chi connectivity index (χ2n) is 3.61. The van der Waals surface area contributed by atoms with E-state index in [2.05, 4.69) is 48.9 Å². The maximum atomic E-state index is 8.75. The van der Waals surface area contributed by atoms with Crippen LogP contribution in [0.5, 0.6) is 0 Å². The second kappa shape index (κ2) is 6.89. The van der Waals surface area contributed by atoms with E-state index in [1.54, 1.807) is 4.68 Å². The van der Waals surface area contributed by atoms with Gasteiger partial charge >= 0.3 is 0 Å². The minimum Gasteiger partial charge on any atom is -0.375 e. The molecular formula is C11H13BrIN5. The summed E-state index contributed by atoms with van der Waals surface area (Å²) in [5.74, 6) is 0. The molecular weight excluding hydrogens is 409 g/mol. The first-order valence-electron chi connectivity index (χ1n) is 5.29. The Labute approximate surface area is 128 Å². The summed E-state index contributed by atoms with van der Waals surface area (Å²) in [6.45, 7) is 2.52. The summed E-state index contributed by atoms with van der Waals surface area (Å²) in [6.07, 6.45) is 2.57. The zero-order chi connectivity index (χ0) is 13.7. The highest BCUT2D eigenvalue weighted by atomic mass is 127. The number of allylic oxidation sites excluding steroid dienone is 1. The van der Waals surface area contributed by atoms with Crippen LogP contribution < -0.4 is 5.32 Å². The van der Waals surface area contributed by atoms with Crippen molar-refractivity contribution in [2.45, 2.75) is 19.9 Å². The molecule has 0 fully saturated rings. The van der Waals surface area contributed by atoms with E-state index in [4.69, 9.17) is 10.7 Å². The quantitative estimate of drug-likeness (QED) is 0.436. The van der Waals surface area contributed by atoms with Crippen LogP contribution in [0.4, 0.5) is 0 Å². The predicted octanol–water partition coefficient (Wildman–Crippen LogP) is 2.67. The molecule has 1 rings (SSSR count). The molecule has 7 heteroatoms. The largest absolute Gasteiger partial charge is 0.375 e. The molecule has 0 bridgehead atoms. The highest BCUT2D eigenvalue weighted by Gasteiger charge is 2.09. The zero-order valence-electron chi connectivity index (χ0n) is 10.1. The van der Waals surface area contributed by atoms with Crippen molar-refractivity contribution < 1.29 is 0 Å². The van der Waals surface area contributed by atoms with Crippen molar-refractivity contribution in [2.75, 3.05) is 0 Å². The van der Waals surface area contributed by atoms with E-state index >= 15 is 0 Å². The fourth-order valence-electron chi connectivity index (χ4n) is 1.42. The van der Waals surface area contributed by atoms with Crippen molar-refractivity contribution in [1.82, 2.24) is 15.1 Å². The summed E-state index contributed by atoms with van der Waals surface area (Å²) in [7, 11) is 1.87. The molecule has 96 valence electrons. The summed E-state index contributed by atoms with van der Waals surface area (Å²) in [5, 5.41) is 23.7. The molecule has 0 atom stereocenters. The molecule has 18 heavy (non-hydrogen) atoms. The van der Waals surface area contributed by atoms with Crippen LogP contribution in [-0.4, -0.2) is 15.5 Å². The van der Waals surface area contributed by atoms with Crippen LogP contribution in [0, 0.1) is 20.4 Å². The smallest absolute Gasteiger partial charge is 0.137 e. The summed E-state index contributed by atoms with van der Waals surface area (Å²) in [4.78, 5) is 0. The number of hydrogen-bond donors (Lipinski definition) is 2. The Bertz CT molecular complexity index is 526. The van der Waals surface area contributed by atoms with Gasteiger partial charge in [0.1, 0.15) is 15.5 Å². The maximum absolute atomic E-state index is 8.75. The molecule has 0 aliphatic rings. The molecule has 5 nitrogen and oxygen atoms in total. The standard InChI is InChI=1S/C11H13BrIN5/c1-3-8(9(15)4-14)10(12)16-5-7-6-18(2)17-11(7)13/h6,15-16H,3,5H2,1-2H3/b10-8-,15-9?. The zero-order valence-corrected chi connectivity index (χ0v) is 13.8. The number of hydrogen-bond acceptors (Lipinski definition) is 4. The van der Waals surface area contributed by atoms with Gasteiger partial charge in [-0.05, 0) is 44.9 Å². The second-order valence-corrected chi connectivity index (χ2v) is 5.42. The molecule has 1 heterocycles. The van der Waals surface area contributed by atoms with Gasteiger partial charge in [-0.1, -0.05) is 6.92 Å². The number of nitrogens with zero attached hydrogens (tertiary/aromatic N) is 3. The number of rotatable bonds is 5. The number of aryl methyl sites for hydroxylation is 1. The van der Waals surface area contributed by atoms with E-state index in [1.165, 1.54) is 0 Å². The van der Waals surface area contributed by atoms with Crippen LogP contribution in [0.2, 0.25) is 0 Å². The van der Waals surface area contributed by atoms with Crippen molar-refractivity contribution in [3.63, 3.8) is 0 Å². The van der Waals surface area contributed by atoms with Gasteiger partial charge in [-0.15, -0.1) is 0 Å². The summed E-state index contributed by atoms with van der Waals surface area (Å²) >= 11 is 5.56. The van der Waals surface area contributed by atoms with Crippen LogP contribution in [0.15, 0.2) is 16.4 Å². The van der Waals surface area contributed by atoms with Crippen molar-refractivity contribution in [3.8, 4) is 6.07 Å². The minimum absolute atomic E-state index is 0.0160. The lowest BCUT2D eigenvalue weighted by Crippen LogP contribution is -2.14. The fraction of sp³-hybridized carbons (Fsp3) is 0.364. The SMILES string of the molecule is CC/C(C(=N)C#N)=C(\Br)NCc1cn(C)nc1I. The molecule has 0 saturated heterocycles. The van der Waals surface area contributed by atoms with Gasteiger partial charge < -0.3 is 5.32 Å². The van der Waals surface area contributed by atoms with Crippen molar-refractivity contribution in [3.05, 3.63) is 25.6 Å². The van der Waals surface area contributed by atoms with E-state index < -0.39 is 0 Å². The highest BCUT2D eigenvalue weighted by molar-refractivity contribution is 14.1. The van der Waals surface area contributed by atoms with Gasteiger partial charge in [-0.3, -0.25) is 10.1 Å². The summed E-state index contributed by atoms with van der Waals surface area (Å²) < 4.78 is 3.39. The number of nitriles is 1. The van der Waals surface area contributed by atoms with E-state index in [0.29, 0.717) is 23.1 Å². The molecule has 0 aliphatic carbocycles. The Balaban J connectivity index is 2.79. The Morgan fingerprint density at radius 1 is 1.72 bits per heavy atom. The normalized spacial score (nSPS) is 11.7. The first-order chi connectivity index (χ1) is 8.49. The van der Waals surface area contributed by atoms with Gasteiger partial charge in [0.2, 0.25) is 0 Å². The van der Waals surface area contributed by atoms with Gasteiger partial charge in [0.05, 0.1) is 4.61 Å². The lowest BCUT2D eigenvalue weighted by atomic mass is 10.1. The lowest BCUT2D eigenvalue weighted by Gasteiger charge is -2.08. The Morgan fingerprint density at radius 3 is 2.83 bits per heavy atom. The lowest BCUT2D eigenvalue weighted by molar-refractivity contribution is 0.759. The van der Waals surface area contributed by atoms with Gasteiger partial charge in [-0.2, -0.15) is 10.4 Å². The van der Waals surface area contributed by atoms with Crippen molar-refractivity contribution in [1.29, 1.82) is 10.7 Å². The van der Waals surface area contributed by atoms with Crippen molar-refractivity contribution in [2.24, 2.45) is 7.05 Å². The van der Waals surface area contributed by atoms with Gasteiger partial charge in [0.25, 0.3) is 0 Å². The Morgan fingerprint density at radius 2 is 2.39 bits per heavy atom. The Kier molecular flexibility index (Phi) is 5.81. The van der Waals surface area contributed by atoms with E-state index in [-0.39, 0.29) is 5.71 Å². The van der Waals surface area contributed by atoms with Gasteiger partial charge in [0.15, 0.2) is 0 Å². The van der Waals surface area contributed by atoms with E-state index in [1.807, 2.05) is 26.2 Å². The number of nitrogens with one attached hydrogen (secondary N) is 2. The molecule has 2 N–H and O–H groups in total. The topological polar surface area (TPSA) is 77.5 Å². The van der Waals surface area contributed by atoms with Crippen LogP contribution in [0.1, 0.15) is 18.9 Å². The number of halogens is 2. The molecule has 0 saturated carbocycles. The molecule has 0 aliphatic heterocycles. The molecule has 0 aromatic carbocycles. The molecule has 1 aromatic rings. The first-order valence-corrected chi connectivity index (χ1v) is 7.16. The first kappa shape index (κ1) is 15.2. The fourth-order valence-corrected chi connectivity index (χ4v) is 2.71. The molecule has 1 aromatic heterocycles. The molecule has 0 unspecified atom stereocenters. The highest BCUT2D eigenvalue weighted by Crippen LogP contribution is 2.16. The monoisotopic (exact) mass is 421 g/mol. The van der Waals surface area contributed by atoms with Gasteiger partial charge in [-0.25, -0.2) is 0 Å². The van der Waals surface area contributed by atoms with E-state index in [0.717, 1.165) is 9.26 Å². The van der Waals surface area contributed by atoms with Crippen LogP contribution >= 0.6 is 38.5 Å². The Hall–Kier alpha value is -0.880. The third kappa shape index (κ3) is 3.81. The third-order valence-electron chi connectivity index (χ3n) is 2.32. The maximum Gasteiger partial charge on any atom is 0.137 e. The minimum atomic E-state index is -0.0160. The summed E-state index contributed by atoms with van der Waals surface area (Å²) in [5.41, 5.74) is 1.74. The van der Waals surface area contributed by atoms with Crippen LogP contribution in [-0.2, 0) is 13.6 Å². The van der Waals surface area contributed by atoms with E-state index in [9.17, 15) is 0 Å².